The summed E-state index contributed by atoms with van der Waals surface area (Å²) in [6.07, 6.45) is -0.441. The van der Waals surface area contributed by atoms with Crippen molar-refractivity contribution in [1.29, 1.82) is 0 Å². The minimum Gasteiger partial charge on any atom is -0.393 e. The van der Waals surface area contributed by atoms with Gasteiger partial charge in [-0.2, -0.15) is 8.42 Å². The third-order valence-corrected chi connectivity index (χ3v) is 13.5. The molecule has 0 bridgehead atoms. The van der Waals surface area contributed by atoms with Crippen molar-refractivity contribution in [2.24, 2.45) is 52.3 Å². The van der Waals surface area contributed by atoms with Gasteiger partial charge in [0.15, 0.2) is 6.29 Å². The molecule has 11 nitrogen and oxygen atoms in total. The van der Waals surface area contributed by atoms with Crippen LogP contribution in [0.5, 0.6) is 0 Å². The Morgan fingerprint density at radius 1 is 0.864 bits per heavy atom. The molecule has 0 radical (unpaired) electrons. The maximum Gasteiger partial charge on any atom is 0.397 e. The molecule has 0 amide bonds. The Hall–Kier alpha value is -0.410. The number of rotatable bonds is 9. The van der Waals surface area contributed by atoms with Gasteiger partial charge in [-0.05, 0) is 110 Å². The minimum atomic E-state index is -4.69. The van der Waals surface area contributed by atoms with E-state index in [1.54, 1.807) is 0 Å². The number of hydrogen-bond acceptors (Lipinski definition) is 10. The zero-order valence-corrected chi connectivity index (χ0v) is 27.7. The molecule has 12 heteroatoms. The summed E-state index contributed by atoms with van der Waals surface area (Å²) in [5, 5.41) is 52.2. The highest BCUT2D eigenvalue weighted by Gasteiger charge is 2.65. The summed E-state index contributed by atoms with van der Waals surface area (Å²) in [7, 11) is -4.69. The first-order valence-electron chi connectivity index (χ1n) is 16.8. The van der Waals surface area contributed by atoms with Gasteiger partial charge in [-0.3, -0.25) is 4.55 Å². The highest BCUT2D eigenvalue weighted by molar-refractivity contribution is 7.80. The van der Waals surface area contributed by atoms with Crippen molar-refractivity contribution in [1.82, 2.24) is 0 Å². The number of fused-ring (bicyclic) bond motifs is 5. The van der Waals surface area contributed by atoms with Gasteiger partial charge in [0.05, 0.1) is 31.0 Å². The van der Waals surface area contributed by atoms with Crippen LogP contribution in [-0.4, -0.2) is 94.1 Å². The molecule has 0 spiro atoms. The quantitative estimate of drug-likeness (QED) is 0.202. The molecule has 6 unspecified atom stereocenters. The minimum absolute atomic E-state index is 0.0120. The van der Waals surface area contributed by atoms with Crippen LogP contribution in [0.3, 0.4) is 0 Å². The molecule has 1 saturated heterocycles. The van der Waals surface area contributed by atoms with E-state index in [0.717, 1.165) is 25.7 Å². The summed E-state index contributed by atoms with van der Waals surface area (Å²) in [5.74, 6) is 0.540. The fourth-order valence-electron chi connectivity index (χ4n) is 10.8. The van der Waals surface area contributed by atoms with E-state index >= 15 is 0 Å². The standard InChI is InChI=1S/C32H56O11S/c1-16(2)25(42-30-29(37)28(36)24(35)15-41-30)7-6-17(3)21-14-26(43-44(38,39)40)27-19-13-23(34)22-12-18(33)8-10-31(22,4)20(19)9-11-32(21,27)5/h16-30,33-37H,6-15H2,1-5H3,(H,38,39,40)/t17?,18-,19?,20?,21+,22?,23-,24+,25-,26?,27?,28-,29+,30-,31+,32+/m0/s1. The average Bonchev–Trinajstić information content (AvgIpc) is 3.22. The van der Waals surface area contributed by atoms with Crippen molar-refractivity contribution in [3.05, 3.63) is 0 Å². The first-order chi connectivity index (χ1) is 20.5. The lowest BCUT2D eigenvalue weighted by Gasteiger charge is -2.62. The van der Waals surface area contributed by atoms with Gasteiger partial charge in [-0.25, -0.2) is 4.18 Å². The smallest absolute Gasteiger partial charge is 0.393 e. The number of aliphatic hydroxyl groups is 5. The maximum atomic E-state index is 12.1. The van der Waals surface area contributed by atoms with Gasteiger partial charge >= 0.3 is 10.4 Å². The highest BCUT2D eigenvalue weighted by atomic mass is 32.3. The van der Waals surface area contributed by atoms with E-state index in [1.165, 1.54) is 0 Å². The summed E-state index contributed by atoms with van der Waals surface area (Å²) in [6, 6.07) is 0. The average molecular weight is 649 g/mol. The lowest BCUT2D eigenvalue weighted by atomic mass is 9.43. The van der Waals surface area contributed by atoms with E-state index in [1.807, 2.05) is 13.8 Å². The Morgan fingerprint density at radius 3 is 2.20 bits per heavy atom. The molecule has 0 aromatic carbocycles. The van der Waals surface area contributed by atoms with Crippen LogP contribution in [0.1, 0.15) is 92.4 Å². The molecular weight excluding hydrogens is 592 g/mol. The lowest BCUT2D eigenvalue weighted by Crippen LogP contribution is -2.59. The molecule has 5 aliphatic rings. The van der Waals surface area contributed by atoms with Gasteiger partial charge in [0.2, 0.25) is 0 Å². The van der Waals surface area contributed by atoms with Crippen LogP contribution in [-0.2, 0) is 24.1 Å². The molecule has 5 rings (SSSR count). The normalized spacial score (nSPS) is 49.2. The van der Waals surface area contributed by atoms with Crippen LogP contribution in [0.25, 0.3) is 0 Å². The third kappa shape index (κ3) is 6.51. The summed E-state index contributed by atoms with van der Waals surface area (Å²) in [4.78, 5) is 0. The monoisotopic (exact) mass is 648 g/mol. The molecule has 6 N–H and O–H groups in total. The highest BCUT2D eigenvalue weighted by Crippen LogP contribution is 2.69. The zero-order chi connectivity index (χ0) is 32.4. The van der Waals surface area contributed by atoms with Gasteiger partial charge in [-0.1, -0.05) is 34.6 Å². The van der Waals surface area contributed by atoms with Crippen molar-refractivity contribution in [2.45, 2.75) is 141 Å². The number of hydrogen-bond donors (Lipinski definition) is 6. The van der Waals surface area contributed by atoms with E-state index in [2.05, 4.69) is 20.8 Å². The van der Waals surface area contributed by atoms with Crippen LogP contribution in [0.2, 0.25) is 0 Å². The van der Waals surface area contributed by atoms with Crippen molar-refractivity contribution in [2.75, 3.05) is 6.61 Å². The summed E-state index contributed by atoms with van der Waals surface area (Å²) >= 11 is 0. The predicted molar refractivity (Wildman–Crippen MR) is 160 cm³/mol. The molecule has 16 atom stereocenters. The third-order valence-electron chi connectivity index (χ3n) is 13.0. The maximum absolute atomic E-state index is 12.1. The number of aliphatic hydroxyl groups excluding tert-OH is 5. The Labute approximate surface area is 262 Å². The SMILES string of the molecule is CC(C)[C@H](CCC(C)[C@H]1CC(OS(=O)(=O)O)C2C3C[C@H](O)C4C[C@@H](O)CC[C@]4(C)C3CC[C@@]21C)O[C@@H]1OC[C@@H](O)[C@H](O)[C@H]1O. The number of ether oxygens (including phenoxy) is 2. The first kappa shape index (κ1) is 34.9. The Balaban J connectivity index is 1.34. The van der Waals surface area contributed by atoms with Crippen LogP contribution < -0.4 is 0 Å². The Bertz CT molecular complexity index is 1100. The van der Waals surface area contributed by atoms with Crippen molar-refractivity contribution < 1.29 is 52.2 Å². The van der Waals surface area contributed by atoms with Crippen LogP contribution in [0, 0.1) is 52.3 Å². The van der Waals surface area contributed by atoms with Gasteiger partial charge in [0, 0.05) is 0 Å². The summed E-state index contributed by atoms with van der Waals surface area (Å²) in [6.45, 7) is 10.6. The fraction of sp³-hybridized carbons (Fsp3) is 1.00. The topological polar surface area (TPSA) is 183 Å². The van der Waals surface area contributed by atoms with Crippen molar-refractivity contribution in [3.63, 3.8) is 0 Å². The molecule has 0 aromatic heterocycles. The largest absolute Gasteiger partial charge is 0.397 e. The second-order valence-electron chi connectivity index (χ2n) is 15.8. The van der Waals surface area contributed by atoms with Gasteiger partial charge in [-0.15, -0.1) is 0 Å². The molecule has 4 saturated carbocycles. The predicted octanol–water partition coefficient (Wildman–Crippen LogP) is 2.67. The Kier molecular flexibility index (Phi) is 10.2. The van der Waals surface area contributed by atoms with Gasteiger partial charge < -0.3 is 35.0 Å². The van der Waals surface area contributed by atoms with Gasteiger partial charge in [0.25, 0.3) is 0 Å². The van der Waals surface area contributed by atoms with Crippen molar-refractivity contribution in [3.8, 4) is 0 Å². The first-order valence-corrected chi connectivity index (χ1v) is 18.2. The second-order valence-corrected chi connectivity index (χ2v) is 16.9. The van der Waals surface area contributed by atoms with E-state index in [9.17, 15) is 38.5 Å². The Morgan fingerprint density at radius 2 is 1.55 bits per heavy atom. The van der Waals surface area contributed by atoms with Crippen LogP contribution >= 0.6 is 0 Å². The molecule has 256 valence electrons. The molecule has 0 aromatic rings. The molecule has 4 aliphatic carbocycles. The second kappa shape index (κ2) is 12.9. The molecule has 5 fully saturated rings. The fourth-order valence-corrected chi connectivity index (χ4v) is 11.3. The van der Waals surface area contributed by atoms with Crippen LogP contribution in [0.4, 0.5) is 0 Å². The molecular formula is C32H56O11S. The van der Waals surface area contributed by atoms with Crippen LogP contribution in [0.15, 0.2) is 0 Å². The van der Waals surface area contributed by atoms with Crippen molar-refractivity contribution >= 4 is 10.4 Å². The van der Waals surface area contributed by atoms with Gasteiger partial charge in [0.1, 0.15) is 18.3 Å². The molecule has 44 heavy (non-hydrogen) atoms. The zero-order valence-electron chi connectivity index (χ0n) is 26.9. The molecule has 1 aliphatic heterocycles. The van der Waals surface area contributed by atoms with E-state index in [-0.39, 0.29) is 65.0 Å². The summed E-state index contributed by atoms with van der Waals surface area (Å²) in [5.41, 5.74) is -0.406. The molecule has 1 heterocycles. The van der Waals surface area contributed by atoms with E-state index in [4.69, 9.17) is 13.7 Å². The van der Waals surface area contributed by atoms with E-state index in [0.29, 0.717) is 32.1 Å². The lowest BCUT2D eigenvalue weighted by molar-refractivity contribution is -0.286. The van der Waals surface area contributed by atoms with E-state index < -0.39 is 53.3 Å². The summed E-state index contributed by atoms with van der Waals surface area (Å²) < 4.78 is 51.2.